The highest BCUT2D eigenvalue weighted by atomic mass is 16.5. The van der Waals surface area contributed by atoms with Crippen LogP contribution in [-0.4, -0.2) is 23.5 Å². The molecule has 2 aromatic rings. The quantitative estimate of drug-likeness (QED) is 0.885. The van der Waals surface area contributed by atoms with Gasteiger partial charge in [-0.2, -0.15) is 0 Å². The molecule has 0 saturated heterocycles. The van der Waals surface area contributed by atoms with Gasteiger partial charge in [0.25, 0.3) is 5.91 Å². The van der Waals surface area contributed by atoms with E-state index in [4.69, 9.17) is 9.84 Å². The number of carbonyl (C=O) groups is 2. The van der Waals surface area contributed by atoms with Gasteiger partial charge in [0.05, 0.1) is 0 Å². The lowest BCUT2D eigenvalue weighted by molar-refractivity contribution is -0.135. The normalized spacial score (nSPS) is 9.95. The summed E-state index contributed by atoms with van der Waals surface area (Å²) in [6.07, 6.45) is 0. The molecule has 2 N–H and O–H groups in total. The third kappa shape index (κ3) is 4.35. The zero-order valence-electron chi connectivity index (χ0n) is 11.5. The number of ether oxygens (including phenoxy) is 1. The fourth-order valence-electron chi connectivity index (χ4n) is 1.67. The molecule has 0 spiro atoms. The number of carboxylic acid groups (broad SMARTS) is 1. The molecule has 1 amide bonds. The van der Waals surface area contributed by atoms with E-state index in [9.17, 15) is 9.59 Å². The fourth-order valence-corrected chi connectivity index (χ4v) is 1.67. The van der Waals surface area contributed by atoms with Crippen LogP contribution in [0, 0.1) is 6.92 Å². The van der Waals surface area contributed by atoms with Crippen molar-refractivity contribution in [1.29, 1.82) is 0 Å². The molecule has 5 heteroatoms. The predicted octanol–water partition coefficient (Wildman–Crippen LogP) is 2.60. The summed E-state index contributed by atoms with van der Waals surface area (Å²) in [5.74, 6) is -0.195. The minimum atomic E-state index is -1.08. The van der Waals surface area contributed by atoms with Crippen molar-refractivity contribution in [3.63, 3.8) is 0 Å². The number of rotatable bonds is 5. The molecule has 0 aliphatic carbocycles. The first-order chi connectivity index (χ1) is 10.0. The van der Waals surface area contributed by atoms with Crippen LogP contribution in [-0.2, 0) is 4.79 Å². The maximum atomic E-state index is 11.6. The van der Waals surface area contributed by atoms with Gasteiger partial charge in [-0.15, -0.1) is 0 Å². The summed E-state index contributed by atoms with van der Waals surface area (Å²) in [6, 6.07) is 14.1. The summed E-state index contributed by atoms with van der Waals surface area (Å²) in [6.45, 7) is 1.59. The van der Waals surface area contributed by atoms with Gasteiger partial charge in [-0.05, 0) is 43.3 Å². The van der Waals surface area contributed by atoms with Gasteiger partial charge >= 0.3 is 5.97 Å². The van der Waals surface area contributed by atoms with Crippen molar-refractivity contribution >= 4 is 11.9 Å². The lowest BCUT2D eigenvalue weighted by Gasteiger charge is -2.07. The van der Waals surface area contributed by atoms with Crippen molar-refractivity contribution in [2.24, 2.45) is 0 Å². The first-order valence-corrected chi connectivity index (χ1v) is 6.39. The topological polar surface area (TPSA) is 75.6 Å². The van der Waals surface area contributed by atoms with E-state index in [1.807, 2.05) is 31.2 Å². The first kappa shape index (κ1) is 14.6. The van der Waals surface area contributed by atoms with Crippen molar-refractivity contribution in [3.8, 4) is 11.5 Å². The number of carbonyl (C=O) groups excluding carboxylic acids is 1. The van der Waals surface area contributed by atoms with Crippen LogP contribution < -0.4 is 10.1 Å². The number of hydrogen-bond acceptors (Lipinski definition) is 3. The number of carboxylic acids is 1. The molecular weight excluding hydrogens is 270 g/mol. The number of hydrogen-bond donors (Lipinski definition) is 2. The van der Waals surface area contributed by atoms with E-state index in [1.54, 1.807) is 24.3 Å². The first-order valence-electron chi connectivity index (χ1n) is 6.39. The Hall–Kier alpha value is -2.82. The lowest BCUT2D eigenvalue weighted by atomic mass is 10.2. The summed E-state index contributed by atoms with van der Waals surface area (Å²) < 4.78 is 5.64. The Kier molecular flexibility index (Phi) is 4.56. The van der Waals surface area contributed by atoms with Crippen LogP contribution in [0.1, 0.15) is 15.9 Å². The Balaban J connectivity index is 2.00. The Morgan fingerprint density at radius 2 is 1.52 bits per heavy atom. The summed E-state index contributed by atoms with van der Waals surface area (Å²) in [4.78, 5) is 22.0. The van der Waals surface area contributed by atoms with E-state index in [0.29, 0.717) is 17.1 Å². The Morgan fingerprint density at radius 1 is 1.00 bits per heavy atom. The summed E-state index contributed by atoms with van der Waals surface area (Å²) in [7, 11) is 0. The highest BCUT2D eigenvalue weighted by Crippen LogP contribution is 2.21. The maximum Gasteiger partial charge on any atom is 0.322 e. The van der Waals surface area contributed by atoms with E-state index in [2.05, 4.69) is 5.32 Å². The van der Waals surface area contributed by atoms with Gasteiger partial charge in [0.15, 0.2) is 0 Å². The SMILES string of the molecule is Cc1ccc(Oc2ccc(C(=O)NCC(=O)O)cc2)cc1. The Bertz CT molecular complexity index is 632. The Morgan fingerprint density at radius 3 is 2.05 bits per heavy atom. The molecule has 0 aromatic heterocycles. The molecular formula is C16H15NO4. The molecule has 0 saturated carbocycles. The number of amides is 1. The zero-order valence-corrected chi connectivity index (χ0v) is 11.5. The van der Waals surface area contributed by atoms with E-state index in [0.717, 1.165) is 5.56 Å². The monoisotopic (exact) mass is 285 g/mol. The number of benzene rings is 2. The largest absolute Gasteiger partial charge is 0.480 e. The number of nitrogens with one attached hydrogen (secondary N) is 1. The Labute approximate surface area is 122 Å². The molecule has 108 valence electrons. The molecule has 0 radical (unpaired) electrons. The molecule has 2 aromatic carbocycles. The van der Waals surface area contributed by atoms with E-state index >= 15 is 0 Å². The van der Waals surface area contributed by atoms with Crippen molar-refractivity contribution < 1.29 is 19.4 Å². The van der Waals surface area contributed by atoms with Crippen LogP contribution >= 0.6 is 0 Å². The highest BCUT2D eigenvalue weighted by Gasteiger charge is 2.07. The van der Waals surface area contributed by atoms with Gasteiger partial charge < -0.3 is 15.2 Å². The van der Waals surface area contributed by atoms with Gasteiger partial charge in [0.2, 0.25) is 0 Å². The molecule has 21 heavy (non-hydrogen) atoms. The predicted molar refractivity (Wildman–Crippen MR) is 77.7 cm³/mol. The molecule has 0 aliphatic heterocycles. The fraction of sp³-hybridized carbons (Fsp3) is 0.125. The van der Waals surface area contributed by atoms with Gasteiger partial charge in [0.1, 0.15) is 18.0 Å². The summed E-state index contributed by atoms with van der Waals surface area (Å²) in [5, 5.41) is 10.8. The summed E-state index contributed by atoms with van der Waals surface area (Å²) in [5.41, 5.74) is 1.53. The minimum absolute atomic E-state index is 0.382. The van der Waals surface area contributed by atoms with Crippen LogP contribution in [0.2, 0.25) is 0 Å². The number of aryl methyl sites for hydroxylation is 1. The highest BCUT2D eigenvalue weighted by molar-refractivity contribution is 5.95. The maximum absolute atomic E-state index is 11.6. The molecule has 2 rings (SSSR count). The van der Waals surface area contributed by atoms with Crippen LogP contribution in [0.4, 0.5) is 0 Å². The standard InChI is InChI=1S/C16H15NO4/c1-11-2-6-13(7-3-11)21-14-8-4-12(5-9-14)16(20)17-10-15(18)19/h2-9H,10H2,1H3,(H,17,20)(H,18,19). The van der Waals surface area contributed by atoms with Crippen LogP contribution in [0.15, 0.2) is 48.5 Å². The molecule has 0 heterocycles. The molecule has 5 nitrogen and oxygen atoms in total. The van der Waals surface area contributed by atoms with Crippen molar-refractivity contribution in [1.82, 2.24) is 5.32 Å². The second kappa shape index (κ2) is 6.56. The van der Waals surface area contributed by atoms with Crippen molar-refractivity contribution in [2.75, 3.05) is 6.54 Å². The van der Waals surface area contributed by atoms with Crippen molar-refractivity contribution in [3.05, 3.63) is 59.7 Å². The van der Waals surface area contributed by atoms with E-state index < -0.39 is 18.4 Å². The zero-order chi connectivity index (χ0) is 15.2. The number of aliphatic carboxylic acids is 1. The van der Waals surface area contributed by atoms with E-state index in [1.165, 1.54) is 0 Å². The average molecular weight is 285 g/mol. The van der Waals surface area contributed by atoms with Gasteiger partial charge in [-0.1, -0.05) is 17.7 Å². The van der Waals surface area contributed by atoms with Crippen molar-refractivity contribution in [2.45, 2.75) is 6.92 Å². The molecule has 0 bridgehead atoms. The smallest absolute Gasteiger partial charge is 0.322 e. The molecule has 0 fully saturated rings. The average Bonchev–Trinajstić information content (AvgIpc) is 2.48. The summed E-state index contributed by atoms with van der Waals surface area (Å²) >= 11 is 0. The van der Waals surface area contributed by atoms with Gasteiger partial charge in [-0.3, -0.25) is 9.59 Å². The second-order valence-electron chi connectivity index (χ2n) is 4.52. The van der Waals surface area contributed by atoms with E-state index in [-0.39, 0.29) is 0 Å². The molecule has 0 atom stereocenters. The van der Waals surface area contributed by atoms with Crippen LogP contribution in [0.25, 0.3) is 0 Å². The molecule has 0 unspecified atom stereocenters. The third-order valence-corrected chi connectivity index (χ3v) is 2.77. The molecule has 0 aliphatic rings. The van der Waals surface area contributed by atoms with Gasteiger partial charge in [0, 0.05) is 5.56 Å². The third-order valence-electron chi connectivity index (χ3n) is 2.77. The van der Waals surface area contributed by atoms with Crippen LogP contribution in [0.5, 0.6) is 11.5 Å². The lowest BCUT2D eigenvalue weighted by Crippen LogP contribution is -2.29. The van der Waals surface area contributed by atoms with Gasteiger partial charge in [-0.25, -0.2) is 0 Å². The second-order valence-corrected chi connectivity index (χ2v) is 4.52. The van der Waals surface area contributed by atoms with Crippen LogP contribution in [0.3, 0.4) is 0 Å². The minimum Gasteiger partial charge on any atom is -0.480 e.